The number of hydrogen-bond donors (Lipinski definition) is 0. The number of nitrogens with zero attached hydrogens (tertiary/aromatic N) is 1. The number of para-hydroxylation sites is 1. The minimum Gasteiger partial charge on any atom is -0.490 e. The maximum absolute atomic E-state index is 11.3. The van der Waals surface area contributed by atoms with Crippen molar-refractivity contribution in [1.82, 2.24) is 4.98 Å². The monoisotopic (exact) mass is 411 g/mol. The lowest BCUT2D eigenvalue weighted by Gasteiger charge is -2.12. The van der Waals surface area contributed by atoms with Crippen LogP contribution in [0.3, 0.4) is 0 Å². The molecule has 0 aliphatic heterocycles. The zero-order valence-electron chi connectivity index (χ0n) is 14.5. The fourth-order valence-electron chi connectivity index (χ4n) is 2.55. The number of fused-ring (bicyclic) bond motifs is 1. The second-order valence-electron chi connectivity index (χ2n) is 5.62. The molecule has 1 heterocycles. The van der Waals surface area contributed by atoms with Crippen LogP contribution in [0.4, 0.5) is 0 Å². The highest BCUT2D eigenvalue weighted by Gasteiger charge is 2.13. The highest BCUT2D eigenvalue weighted by molar-refractivity contribution is 9.10. The summed E-state index contributed by atoms with van der Waals surface area (Å²) < 4.78 is 11.5. The van der Waals surface area contributed by atoms with E-state index in [1.807, 2.05) is 67.6 Å². The summed E-state index contributed by atoms with van der Waals surface area (Å²) in [6, 6.07) is 15.7. The van der Waals surface area contributed by atoms with Gasteiger partial charge in [-0.15, -0.1) is 0 Å². The fraction of sp³-hybridized carbons (Fsp3) is 0.143. The van der Waals surface area contributed by atoms with Crippen LogP contribution in [0, 0.1) is 0 Å². The van der Waals surface area contributed by atoms with Gasteiger partial charge in [0, 0.05) is 12.3 Å². The van der Waals surface area contributed by atoms with Crippen LogP contribution < -0.4 is 9.47 Å². The Balaban J connectivity index is 1.92. The largest absolute Gasteiger partial charge is 0.490 e. The third-order valence-corrected chi connectivity index (χ3v) is 4.23. The average Bonchev–Trinajstić information content (AvgIpc) is 2.62. The van der Waals surface area contributed by atoms with Crippen molar-refractivity contribution in [3.8, 4) is 11.5 Å². The molecule has 0 radical (unpaired) electrons. The van der Waals surface area contributed by atoms with E-state index < -0.39 is 5.97 Å². The van der Waals surface area contributed by atoms with Crippen molar-refractivity contribution >= 4 is 45.0 Å². The van der Waals surface area contributed by atoms with Gasteiger partial charge in [-0.25, -0.2) is 4.98 Å². The van der Waals surface area contributed by atoms with Crippen molar-refractivity contribution in [3.05, 3.63) is 64.3 Å². The number of aromatic nitrogens is 1. The molecule has 26 heavy (non-hydrogen) atoms. The fourth-order valence-corrected chi connectivity index (χ4v) is 3.09. The molecular formula is C21H18BrNO3. The lowest BCUT2D eigenvalue weighted by Crippen LogP contribution is -2.05. The van der Waals surface area contributed by atoms with Crippen LogP contribution in [0.1, 0.15) is 25.1 Å². The number of benzene rings is 2. The predicted molar refractivity (Wildman–Crippen MR) is 107 cm³/mol. The van der Waals surface area contributed by atoms with E-state index in [0.717, 1.165) is 22.2 Å². The SMILES string of the molecule is CCOc1cc(/C=C/c2ccc3ccccc3n2)cc(Br)c1OC(C)=O. The number of esters is 1. The number of rotatable bonds is 5. The maximum Gasteiger partial charge on any atom is 0.308 e. The molecule has 0 unspecified atom stereocenters. The zero-order valence-corrected chi connectivity index (χ0v) is 16.1. The molecule has 0 N–H and O–H groups in total. The molecule has 2 aromatic carbocycles. The first-order valence-corrected chi connectivity index (χ1v) is 9.04. The van der Waals surface area contributed by atoms with Gasteiger partial charge in [-0.05, 0) is 58.8 Å². The van der Waals surface area contributed by atoms with Gasteiger partial charge < -0.3 is 9.47 Å². The smallest absolute Gasteiger partial charge is 0.308 e. The lowest BCUT2D eigenvalue weighted by molar-refractivity contribution is -0.132. The molecule has 4 nitrogen and oxygen atoms in total. The Morgan fingerprint density at radius 2 is 1.96 bits per heavy atom. The molecular weight excluding hydrogens is 394 g/mol. The first-order valence-electron chi connectivity index (χ1n) is 8.25. The molecule has 132 valence electrons. The Bertz CT molecular complexity index is 982. The minimum atomic E-state index is -0.393. The third kappa shape index (κ3) is 4.29. The molecule has 0 spiro atoms. The van der Waals surface area contributed by atoms with E-state index >= 15 is 0 Å². The summed E-state index contributed by atoms with van der Waals surface area (Å²) >= 11 is 3.45. The van der Waals surface area contributed by atoms with Crippen LogP contribution in [-0.2, 0) is 4.79 Å². The Kier molecular flexibility index (Phi) is 5.68. The van der Waals surface area contributed by atoms with Crippen molar-refractivity contribution in [1.29, 1.82) is 0 Å². The van der Waals surface area contributed by atoms with E-state index in [-0.39, 0.29) is 0 Å². The number of hydrogen-bond acceptors (Lipinski definition) is 4. The molecule has 0 fully saturated rings. The molecule has 0 aliphatic rings. The lowest BCUT2D eigenvalue weighted by atomic mass is 10.1. The Morgan fingerprint density at radius 1 is 1.15 bits per heavy atom. The summed E-state index contributed by atoms with van der Waals surface area (Å²) in [5, 5.41) is 1.11. The van der Waals surface area contributed by atoms with E-state index in [1.165, 1.54) is 6.92 Å². The minimum absolute atomic E-state index is 0.389. The molecule has 3 rings (SSSR count). The number of ether oxygens (including phenoxy) is 2. The van der Waals surface area contributed by atoms with Gasteiger partial charge in [0.05, 0.1) is 22.3 Å². The zero-order chi connectivity index (χ0) is 18.5. The van der Waals surface area contributed by atoms with Gasteiger partial charge in [0.2, 0.25) is 0 Å². The summed E-state index contributed by atoms with van der Waals surface area (Å²) in [7, 11) is 0. The van der Waals surface area contributed by atoms with Gasteiger partial charge >= 0.3 is 5.97 Å². The van der Waals surface area contributed by atoms with E-state index in [4.69, 9.17) is 9.47 Å². The summed E-state index contributed by atoms with van der Waals surface area (Å²) in [4.78, 5) is 15.9. The molecule has 5 heteroatoms. The summed E-state index contributed by atoms with van der Waals surface area (Å²) in [6.45, 7) is 3.72. The quantitative estimate of drug-likeness (QED) is 0.411. The highest BCUT2D eigenvalue weighted by Crippen LogP contribution is 2.37. The molecule has 0 saturated heterocycles. The maximum atomic E-state index is 11.3. The van der Waals surface area contributed by atoms with Crippen LogP contribution in [0.25, 0.3) is 23.1 Å². The first kappa shape index (κ1) is 18.1. The molecule has 0 saturated carbocycles. The topological polar surface area (TPSA) is 48.4 Å². The Labute approximate surface area is 160 Å². The second-order valence-corrected chi connectivity index (χ2v) is 6.47. The van der Waals surface area contributed by atoms with E-state index in [9.17, 15) is 4.79 Å². The predicted octanol–water partition coefficient (Wildman–Crippen LogP) is 5.49. The van der Waals surface area contributed by atoms with Crippen molar-refractivity contribution in [2.75, 3.05) is 6.61 Å². The van der Waals surface area contributed by atoms with Gasteiger partial charge in [-0.2, -0.15) is 0 Å². The average molecular weight is 412 g/mol. The van der Waals surface area contributed by atoms with Gasteiger partial charge in [0.25, 0.3) is 0 Å². The van der Waals surface area contributed by atoms with E-state index in [1.54, 1.807) is 0 Å². The molecule has 0 amide bonds. The van der Waals surface area contributed by atoms with Crippen LogP contribution in [0.15, 0.2) is 53.0 Å². The molecule has 1 aromatic heterocycles. The summed E-state index contributed by atoms with van der Waals surface area (Å²) in [6.07, 6.45) is 3.89. The third-order valence-electron chi connectivity index (χ3n) is 3.64. The van der Waals surface area contributed by atoms with E-state index in [0.29, 0.717) is 22.6 Å². The highest BCUT2D eigenvalue weighted by atomic mass is 79.9. The number of carbonyl (C=O) groups excluding carboxylic acids is 1. The van der Waals surface area contributed by atoms with Gasteiger partial charge in [-0.3, -0.25) is 4.79 Å². The molecule has 3 aromatic rings. The Hall–Kier alpha value is -2.66. The van der Waals surface area contributed by atoms with Crippen LogP contribution in [-0.4, -0.2) is 17.6 Å². The van der Waals surface area contributed by atoms with Crippen LogP contribution in [0.2, 0.25) is 0 Å². The Morgan fingerprint density at radius 3 is 2.73 bits per heavy atom. The van der Waals surface area contributed by atoms with Crippen LogP contribution in [0.5, 0.6) is 11.5 Å². The number of halogens is 1. The first-order chi connectivity index (χ1) is 12.6. The second kappa shape index (κ2) is 8.15. The van der Waals surface area contributed by atoms with Crippen molar-refractivity contribution in [2.24, 2.45) is 0 Å². The number of carbonyl (C=O) groups is 1. The molecule has 0 aliphatic carbocycles. The van der Waals surface area contributed by atoms with Crippen molar-refractivity contribution < 1.29 is 14.3 Å². The van der Waals surface area contributed by atoms with Crippen LogP contribution >= 0.6 is 15.9 Å². The van der Waals surface area contributed by atoms with Gasteiger partial charge in [0.15, 0.2) is 11.5 Å². The number of pyridine rings is 1. The van der Waals surface area contributed by atoms with Gasteiger partial charge in [-0.1, -0.05) is 30.3 Å². The summed E-state index contributed by atoms with van der Waals surface area (Å²) in [5.41, 5.74) is 2.73. The van der Waals surface area contributed by atoms with Gasteiger partial charge in [0.1, 0.15) is 0 Å². The standard InChI is InChI=1S/C21H18BrNO3/c1-3-25-20-13-15(12-18(22)21(20)26-14(2)24)8-10-17-11-9-16-6-4-5-7-19(16)23-17/h4-13H,3H2,1-2H3/b10-8+. The molecule has 0 atom stereocenters. The van der Waals surface area contributed by atoms with Crippen molar-refractivity contribution in [3.63, 3.8) is 0 Å². The molecule has 0 bridgehead atoms. The van der Waals surface area contributed by atoms with Crippen molar-refractivity contribution in [2.45, 2.75) is 13.8 Å². The summed E-state index contributed by atoms with van der Waals surface area (Å²) in [5.74, 6) is 0.513. The normalized spacial score (nSPS) is 11.0. The van der Waals surface area contributed by atoms with E-state index in [2.05, 4.69) is 20.9 Å².